The number of thiophene rings is 1. The Balaban J connectivity index is 1.06. The van der Waals surface area contributed by atoms with E-state index in [0.717, 1.165) is 49.3 Å². The van der Waals surface area contributed by atoms with Gasteiger partial charge in [-0.2, -0.15) is 8.78 Å². The molecular formula is C39H37Cl2F2N3O6S. The van der Waals surface area contributed by atoms with Crippen molar-refractivity contribution in [2.24, 2.45) is 5.92 Å². The summed E-state index contributed by atoms with van der Waals surface area (Å²) < 4.78 is 49.0. The fourth-order valence-electron chi connectivity index (χ4n) is 6.29. The first-order chi connectivity index (χ1) is 25.7. The van der Waals surface area contributed by atoms with Crippen molar-refractivity contribution in [2.45, 2.75) is 51.0 Å². The summed E-state index contributed by atoms with van der Waals surface area (Å²) in [5.41, 5.74) is 4.31. The van der Waals surface area contributed by atoms with Crippen LogP contribution in [0.1, 0.15) is 62.6 Å². The summed E-state index contributed by atoms with van der Waals surface area (Å²) in [6.45, 7) is 0.782. The van der Waals surface area contributed by atoms with Crippen molar-refractivity contribution in [3.05, 3.63) is 121 Å². The van der Waals surface area contributed by atoms with E-state index in [4.69, 9.17) is 42.1 Å². The molecule has 53 heavy (non-hydrogen) atoms. The summed E-state index contributed by atoms with van der Waals surface area (Å²) in [7, 11) is 0. The summed E-state index contributed by atoms with van der Waals surface area (Å²) in [6.07, 6.45) is 4.92. The number of pyridine rings is 1. The molecule has 2 atom stereocenters. The minimum absolute atomic E-state index is 0.0698. The van der Waals surface area contributed by atoms with Gasteiger partial charge in [-0.1, -0.05) is 59.6 Å². The predicted molar refractivity (Wildman–Crippen MR) is 197 cm³/mol. The van der Waals surface area contributed by atoms with Crippen LogP contribution >= 0.6 is 34.5 Å². The van der Waals surface area contributed by atoms with Crippen molar-refractivity contribution >= 4 is 46.5 Å². The van der Waals surface area contributed by atoms with Gasteiger partial charge >= 0.3 is 18.6 Å². The average Bonchev–Trinajstić information content (AvgIpc) is 3.85. The molecule has 3 aliphatic heterocycles. The molecule has 1 aliphatic carbocycles. The molecule has 14 heteroatoms. The van der Waals surface area contributed by atoms with Crippen LogP contribution in [0.3, 0.4) is 0 Å². The van der Waals surface area contributed by atoms with Crippen molar-refractivity contribution in [3.8, 4) is 11.5 Å². The molecule has 278 valence electrons. The molecule has 1 saturated heterocycles. The van der Waals surface area contributed by atoms with E-state index < -0.39 is 24.7 Å². The number of nitrogens with one attached hydrogen (secondary N) is 1. The highest BCUT2D eigenvalue weighted by Crippen LogP contribution is 2.38. The van der Waals surface area contributed by atoms with Crippen LogP contribution in [0.4, 0.5) is 8.78 Å². The molecule has 2 fully saturated rings. The number of hydrogen-bond donors (Lipinski definition) is 1. The number of hydrogen-bond acceptors (Lipinski definition) is 10. The second kappa shape index (κ2) is 16.9. The van der Waals surface area contributed by atoms with E-state index in [2.05, 4.69) is 15.2 Å². The van der Waals surface area contributed by atoms with Gasteiger partial charge in [0.25, 0.3) is 0 Å². The van der Waals surface area contributed by atoms with Crippen LogP contribution in [0.2, 0.25) is 10.0 Å². The zero-order chi connectivity index (χ0) is 36.9. The van der Waals surface area contributed by atoms with E-state index >= 15 is 0 Å². The maximum atomic E-state index is 13.7. The normalized spacial score (nSPS) is 16.5. The molecule has 1 N–H and O–H groups in total. The number of benzene rings is 2. The van der Waals surface area contributed by atoms with E-state index in [1.165, 1.54) is 40.9 Å². The first-order valence-corrected chi connectivity index (χ1v) is 18.9. The Bertz CT molecular complexity index is 1950. The van der Waals surface area contributed by atoms with Crippen molar-refractivity contribution in [2.75, 3.05) is 32.8 Å². The Morgan fingerprint density at radius 1 is 0.981 bits per heavy atom. The Hall–Kier alpha value is -4.07. The van der Waals surface area contributed by atoms with Crippen LogP contribution in [-0.2, 0) is 27.2 Å². The van der Waals surface area contributed by atoms with Crippen LogP contribution in [0.15, 0.2) is 84.2 Å². The molecule has 5 heterocycles. The third kappa shape index (κ3) is 9.54. The number of fused-ring (bicyclic) bond motifs is 2. The lowest BCUT2D eigenvalue weighted by atomic mass is 9.93. The summed E-state index contributed by atoms with van der Waals surface area (Å²) in [4.78, 5) is 34.6. The second-order valence-corrected chi connectivity index (χ2v) is 15.3. The van der Waals surface area contributed by atoms with Crippen molar-refractivity contribution in [1.29, 1.82) is 0 Å². The van der Waals surface area contributed by atoms with Crippen molar-refractivity contribution < 1.29 is 37.3 Å². The molecule has 2 aromatic heterocycles. The van der Waals surface area contributed by atoms with E-state index in [1.807, 2.05) is 30.3 Å². The molecule has 9 nitrogen and oxygen atoms in total. The highest BCUT2D eigenvalue weighted by atomic mass is 35.5. The summed E-state index contributed by atoms with van der Waals surface area (Å²) in [5, 5.41) is 3.88. The molecule has 1 unspecified atom stereocenters. The molecule has 2 bridgehead atoms. The number of alkyl halides is 2. The van der Waals surface area contributed by atoms with Gasteiger partial charge in [-0.05, 0) is 77.3 Å². The zero-order valence-electron chi connectivity index (χ0n) is 28.6. The average molecular weight is 785 g/mol. The number of esters is 2. The number of aromatic nitrogens is 1. The first kappa shape index (κ1) is 37.3. The van der Waals surface area contributed by atoms with Gasteiger partial charge in [0.1, 0.15) is 23.6 Å². The molecule has 2 aromatic carbocycles. The third-order valence-corrected chi connectivity index (χ3v) is 11.2. The number of halogens is 4. The number of nitrogens with zero attached hydrogens (tertiary/aromatic N) is 2. The summed E-state index contributed by atoms with van der Waals surface area (Å²) >= 11 is 14.1. The Kier molecular flexibility index (Phi) is 11.9. The van der Waals surface area contributed by atoms with Crippen LogP contribution in [-0.4, -0.2) is 61.3 Å². The fraction of sp³-hybridized carbons (Fsp3) is 0.359. The Morgan fingerprint density at radius 3 is 2.45 bits per heavy atom. The largest absolute Gasteiger partial charge is 0.489 e. The number of ether oxygens (including phenoxy) is 4. The molecule has 4 aromatic rings. The van der Waals surface area contributed by atoms with Crippen molar-refractivity contribution in [1.82, 2.24) is 15.2 Å². The number of carbonyl (C=O) groups is 2. The van der Waals surface area contributed by atoms with Crippen LogP contribution < -0.4 is 14.8 Å². The molecular weight excluding hydrogens is 747 g/mol. The van der Waals surface area contributed by atoms with E-state index in [0.29, 0.717) is 28.5 Å². The monoisotopic (exact) mass is 783 g/mol. The van der Waals surface area contributed by atoms with Crippen LogP contribution in [0.25, 0.3) is 0 Å². The zero-order valence-corrected chi connectivity index (χ0v) is 30.9. The number of rotatable bonds is 17. The highest BCUT2D eigenvalue weighted by molar-refractivity contribution is 7.13. The number of carbonyl (C=O) groups excluding carboxylic acids is 2. The molecule has 8 rings (SSSR count). The maximum absolute atomic E-state index is 13.7. The summed E-state index contributed by atoms with van der Waals surface area (Å²) in [6, 6.07) is 16.6. The highest BCUT2D eigenvalue weighted by Gasteiger charge is 2.30. The SMILES string of the molecule is O=C(O[C@@H](Cc1c(Cl)cncc1Cl)c1ccc(OC(F)F)c(OCC2CC2)c1)c1ccc(CNC(C(=O)OCC2=C3CN(CC2)C3)c2ccccc2)s1. The lowest BCUT2D eigenvalue weighted by molar-refractivity contribution is -0.145. The van der Waals surface area contributed by atoms with Gasteiger partial charge < -0.3 is 18.9 Å². The molecule has 0 amide bonds. The summed E-state index contributed by atoms with van der Waals surface area (Å²) in [5.74, 6) is -0.644. The molecule has 0 radical (unpaired) electrons. The molecule has 4 aliphatic rings. The van der Waals surface area contributed by atoms with Gasteiger partial charge in [-0.3, -0.25) is 15.2 Å². The van der Waals surface area contributed by atoms with Crippen LogP contribution in [0, 0.1) is 5.92 Å². The Morgan fingerprint density at radius 2 is 1.75 bits per heavy atom. The van der Waals surface area contributed by atoms with Gasteiger partial charge in [0.15, 0.2) is 11.5 Å². The van der Waals surface area contributed by atoms with E-state index in [9.17, 15) is 18.4 Å². The van der Waals surface area contributed by atoms with Crippen LogP contribution in [0.5, 0.6) is 11.5 Å². The smallest absolute Gasteiger partial charge is 0.387 e. The van der Waals surface area contributed by atoms with Gasteiger partial charge in [-0.15, -0.1) is 11.3 Å². The minimum Gasteiger partial charge on any atom is -0.489 e. The standard InChI is InChI=1S/C39H37Cl2F2N3O6S/c40-30-17-44-18-31(41)29(30)15-33(25-8-10-32(52-39(42)43)34(14-25)49-21-23-6-7-23)51-37(47)35-11-9-28(53-35)16-45-36(24-4-2-1-3-5-24)38(48)50-22-26-12-13-46-19-27(26)20-46/h1-5,8-11,14,17-18,23,33,36,39,45H,6-7,12-13,15-16,19-22H2/t33-,36?/m0/s1. The predicted octanol–water partition coefficient (Wildman–Crippen LogP) is 8.37. The first-order valence-electron chi connectivity index (χ1n) is 17.4. The van der Waals surface area contributed by atoms with Gasteiger partial charge in [0.05, 0.1) is 16.7 Å². The van der Waals surface area contributed by atoms with E-state index in [1.54, 1.807) is 24.3 Å². The third-order valence-electron chi connectivity index (χ3n) is 9.48. The quantitative estimate of drug-likeness (QED) is 0.0837. The second-order valence-electron chi connectivity index (χ2n) is 13.3. The van der Waals surface area contributed by atoms with Gasteiger partial charge in [0, 0.05) is 49.9 Å². The lowest BCUT2D eigenvalue weighted by Crippen LogP contribution is -2.46. The lowest BCUT2D eigenvalue weighted by Gasteiger charge is -2.41. The fourth-order valence-corrected chi connectivity index (χ4v) is 7.65. The van der Waals surface area contributed by atoms with Gasteiger partial charge in [0.2, 0.25) is 0 Å². The van der Waals surface area contributed by atoms with Crippen molar-refractivity contribution in [3.63, 3.8) is 0 Å². The maximum Gasteiger partial charge on any atom is 0.387 e. The van der Waals surface area contributed by atoms with E-state index in [-0.39, 0.29) is 47.1 Å². The topological polar surface area (TPSA) is 99.2 Å². The molecule has 0 spiro atoms. The van der Waals surface area contributed by atoms with Gasteiger partial charge in [-0.25, -0.2) is 9.59 Å². The minimum atomic E-state index is -3.05. The molecule has 1 saturated carbocycles. The Labute approximate surface area is 319 Å².